The highest BCUT2D eigenvalue weighted by atomic mass is 35.5. The van der Waals surface area contributed by atoms with Gasteiger partial charge in [0.15, 0.2) is 21.3 Å². The molecule has 4 rings (SSSR count). The lowest BCUT2D eigenvalue weighted by molar-refractivity contribution is -0.134. The fourth-order valence-electron chi connectivity index (χ4n) is 4.74. The van der Waals surface area contributed by atoms with E-state index in [1.807, 2.05) is 45.0 Å². The largest absolute Gasteiger partial charge is 0.606 e. The molecule has 238 valence electrons. The standard InChI is InChI=1S/C36H39ClO7S/c1-5-8-20-41-35-33(44-32(39)22-25-14-16-27(37)17-15-25)29-19-18-28(45(40)31-13-11-10-12-26(31)7-3)23-30(29)34(43-24(4)38)36(35)42-21-9-6-2/h10-19,23H,5-9,20-22H2,1-4H3. The summed E-state index contributed by atoms with van der Waals surface area (Å²) in [7, 11) is 0. The zero-order valence-electron chi connectivity index (χ0n) is 26.2. The molecule has 0 aliphatic carbocycles. The minimum absolute atomic E-state index is 0.0132. The number of fused-ring (bicyclic) bond motifs is 1. The number of hydrogen-bond acceptors (Lipinski definition) is 7. The van der Waals surface area contributed by atoms with Gasteiger partial charge >= 0.3 is 11.9 Å². The summed E-state index contributed by atoms with van der Waals surface area (Å²) in [6.07, 6.45) is 3.91. The quantitative estimate of drug-likeness (QED) is 0.0550. The summed E-state index contributed by atoms with van der Waals surface area (Å²) in [6, 6.07) is 19.7. The summed E-state index contributed by atoms with van der Waals surface area (Å²) in [4.78, 5) is 27.0. The van der Waals surface area contributed by atoms with Crippen LogP contribution in [0, 0.1) is 0 Å². The molecule has 0 fully saturated rings. The molecular weight excluding hydrogens is 612 g/mol. The van der Waals surface area contributed by atoms with Gasteiger partial charge in [-0.25, -0.2) is 0 Å². The molecule has 0 N–H and O–H groups in total. The Bertz CT molecular complexity index is 1620. The Kier molecular flexibility index (Phi) is 12.6. The molecule has 0 aliphatic heterocycles. The Labute approximate surface area is 273 Å². The number of benzene rings is 4. The van der Waals surface area contributed by atoms with Crippen LogP contribution in [-0.2, 0) is 33.6 Å². The fraction of sp³-hybridized carbons (Fsp3) is 0.333. The fourth-order valence-corrected chi connectivity index (χ4v) is 6.19. The van der Waals surface area contributed by atoms with Gasteiger partial charge in [-0.05, 0) is 55.2 Å². The third-order valence-electron chi connectivity index (χ3n) is 7.08. The summed E-state index contributed by atoms with van der Waals surface area (Å²) < 4.78 is 38.2. The van der Waals surface area contributed by atoms with Crippen molar-refractivity contribution in [3.8, 4) is 23.0 Å². The van der Waals surface area contributed by atoms with E-state index >= 15 is 0 Å². The lowest BCUT2D eigenvalue weighted by Gasteiger charge is -2.22. The monoisotopic (exact) mass is 650 g/mol. The van der Waals surface area contributed by atoms with E-state index in [1.54, 1.807) is 42.5 Å². The van der Waals surface area contributed by atoms with Crippen molar-refractivity contribution in [1.29, 1.82) is 0 Å². The van der Waals surface area contributed by atoms with E-state index in [9.17, 15) is 14.1 Å². The highest BCUT2D eigenvalue weighted by Crippen LogP contribution is 2.52. The van der Waals surface area contributed by atoms with Crippen LogP contribution in [0.2, 0.25) is 5.02 Å². The summed E-state index contributed by atoms with van der Waals surface area (Å²) in [6.45, 7) is 8.03. The van der Waals surface area contributed by atoms with Crippen molar-refractivity contribution < 1.29 is 33.1 Å². The lowest BCUT2D eigenvalue weighted by Crippen LogP contribution is -2.15. The van der Waals surface area contributed by atoms with Crippen LogP contribution in [0.15, 0.2) is 76.5 Å². The summed E-state index contributed by atoms with van der Waals surface area (Å²) in [5.41, 5.74) is 1.70. The average molecular weight is 651 g/mol. The number of carbonyl (C=O) groups excluding carboxylic acids is 2. The molecule has 0 saturated carbocycles. The molecule has 45 heavy (non-hydrogen) atoms. The lowest BCUT2D eigenvalue weighted by atomic mass is 10.1. The van der Waals surface area contributed by atoms with Crippen LogP contribution in [-0.4, -0.2) is 29.7 Å². The highest BCUT2D eigenvalue weighted by molar-refractivity contribution is 7.91. The van der Waals surface area contributed by atoms with Crippen LogP contribution in [0.25, 0.3) is 10.8 Å². The maximum absolute atomic E-state index is 13.9. The molecule has 0 radical (unpaired) electrons. The number of halogens is 1. The van der Waals surface area contributed by atoms with Crippen LogP contribution in [0.5, 0.6) is 23.0 Å². The highest BCUT2D eigenvalue weighted by Gasteiger charge is 2.29. The number of hydrogen-bond donors (Lipinski definition) is 0. The predicted molar refractivity (Wildman–Crippen MR) is 177 cm³/mol. The van der Waals surface area contributed by atoms with Gasteiger partial charge in [-0.3, -0.25) is 9.59 Å². The molecule has 0 amide bonds. The van der Waals surface area contributed by atoms with Crippen LogP contribution < -0.4 is 18.9 Å². The first-order valence-electron chi connectivity index (χ1n) is 15.3. The number of esters is 2. The molecule has 1 unspecified atom stereocenters. The molecule has 0 bridgehead atoms. The Balaban J connectivity index is 1.93. The number of unbranched alkanes of at least 4 members (excludes halogenated alkanes) is 2. The molecule has 7 nitrogen and oxygen atoms in total. The van der Waals surface area contributed by atoms with Crippen LogP contribution in [0.4, 0.5) is 0 Å². The van der Waals surface area contributed by atoms with Gasteiger partial charge in [0.1, 0.15) is 0 Å². The van der Waals surface area contributed by atoms with E-state index in [0.717, 1.165) is 43.2 Å². The Morgan fingerprint density at radius 2 is 1.40 bits per heavy atom. The Hall–Kier alpha value is -3.72. The minimum Gasteiger partial charge on any atom is -0.606 e. The van der Waals surface area contributed by atoms with Gasteiger partial charge in [-0.2, -0.15) is 0 Å². The maximum Gasteiger partial charge on any atom is 0.315 e. The molecule has 4 aromatic rings. The first-order valence-corrected chi connectivity index (χ1v) is 16.8. The molecule has 9 heteroatoms. The van der Waals surface area contributed by atoms with E-state index in [1.165, 1.54) is 6.92 Å². The second-order valence-corrected chi connectivity index (χ2v) is 12.4. The van der Waals surface area contributed by atoms with Crippen LogP contribution in [0.3, 0.4) is 0 Å². The molecule has 0 heterocycles. The number of rotatable bonds is 15. The van der Waals surface area contributed by atoms with Crippen LogP contribution in [0.1, 0.15) is 64.5 Å². The van der Waals surface area contributed by atoms with Gasteiger partial charge in [0.2, 0.25) is 11.5 Å². The third-order valence-corrected chi connectivity index (χ3v) is 8.81. The van der Waals surface area contributed by atoms with E-state index in [0.29, 0.717) is 38.8 Å². The minimum atomic E-state index is -1.54. The molecule has 0 saturated heterocycles. The Morgan fingerprint density at radius 1 is 0.778 bits per heavy atom. The van der Waals surface area contributed by atoms with Crippen molar-refractivity contribution in [2.24, 2.45) is 0 Å². The predicted octanol–water partition coefficient (Wildman–Crippen LogP) is 8.65. The van der Waals surface area contributed by atoms with Crippen molar-refractivity contribution in [1.82, 2.24) is 0 Å². The second-order valence-electron chi connectivity index (χ2n) is 10.5. The van der Waals surface area contributed by atoms with Crippen molar-refractivity contribution >= 4 is 45.5 Å². The first-order chi connectivity index (χ1) is 21.8. The van der Waals surface area contributed by atoms with Gasteiger partial charge < -0.3 is 23.5 Å². The number of carbonyl (C=O) groups is 2. The van der Waals surface area contributed by atoms with Crippen molar-refractivity contribution in [3.63, 3.8) is 0 Å². The van der Waals surface area contributed by atoms with Crippen molar-refractivity contribution in [2.75, 3.05) is 13.2 Å². The molecular formula is C36H39ClO7S. The molecule has 0 aliphatic rings. The van der Waals surface area contributed by atoms with Gasteiger partial charge in [0.05, 0.1) is 19.6 Å². The zero-order chi connectivity index (χ0) is 32.3. The zero-order valence-corrected chi connectivity index (χ0v) is 27.7. The normalized spacial score (nSPS) is 11.7. The topological polar surface area (TPSA) is 94.1 Å². The number of ether oxygens (including phenoxy) is 4. The van der Waals surface area contributed by atoms with Gasteiger partial charge in [-0.1, -0.05) is 75.5 Å². The molecule has 0 aromatic heterocycles. The van der Waals surface area contributed by atoms with E-state index in [2.05, 4.69) is 0 Å². The number of aryl methyl sites for hydroxylation is 1. The first kappa shape index (κ1) is 34.2. The molecule has 0 spiro atoms. The van der Waals surface area contributed by atoms with Crippen molar-refractivity contribution in [3.05, 3.63) is 82.9 Å². The molecule has 1 atom stereocenters. The summed E-state index contributed by atoms with van der Waals surface area (Å²) >= 11 is 4.49. The maximum atomic E-state index is 13.9. The van der Waals surface area contributed by atoms with Crippen LogP contribution >= 0.6 is 11.6 Å². The second kappa shape index (κ2) is 16.5. The Morgan fingerprint density at radius 3 is 2.00 bits per heavy atom. The van der Waals surface area contributed by atoms with E-state index in [4.69, 9.17) is 30.5 Å². The van der Waals surface area contributed by atoms with Gasteiger partial charge in [0, 0.05) is 45.5 Å². The molecule has 4 aromatic carbocycles. The smallest absolute Gasteiger partial charge is 0.315 e. The summed E-state index contributed by atoms with van der Waals surface area (Å²) in [5.74, 6) is -0.477. The summed E-state index contributed by atoms with van der Waals surface area (Å²) in [5, 5.41) is 1.43. The van der Waals surface area contributed by atoms with Gasteiger partial charge in [-0.15, -0.1) is 0 Å². The van der Waals surface area contributed by atoms with Crippen molar-refractivity contribution in [2.45, 2.75) is 76.0 Å². The van der Waals surface area contributed by atoms with Gasteiger partial charge in [0.25, 0.3) is 0 Å². The SMILES string of the molecule is CCCCOc1c(OCCCC)c(OC(=O)Cc2ccc(Cl)cc2)c2ccc([S+]([O-])c3ccccc3CC)cc2c1OC(C)=O. The third kappa shape index (κ3) is 8.72. The average Bonchev–Trinajstić information content (AvgIpc) is 3.04. The van der Waals surface area contributed by atoms with E-state index < -0.39 is 23.1 Å². The van der Waals surface area contributed by atoms with E-state index in [-0.39, 0.29) is 29.4 Å².